The lowest BCUT2D eigenvalue weighted by molar-refractivity contribution is 0.00899. The molecule has 3 heteroatoms. The summed E-state index contributed by atoms with van der Waals surface area (Å²) >= 11 is 0. The highest BCUT2D eigenvalue weighted by Crippen LogP contribution is 2.26. The van der Waals surface area contributed by atoms with E-state index in [-0.39, 0.29) is 0 Å². The van der Waals surface area contributed by atoms with E-state index in [1.807, 2.05) is 13.8 Å². The van der Waals surface area contributed by atoms with E-state index < -0.39 is 5.54 Å². The highest BCUT2D eigenvalue weighted by atomic mass is 16.5. The smallest absolute Gasteiger partial charge is 0.106 e. The average Bonchev–Trinajstić information content (AvgIpc) is 2.29. The second kappa shape index (κ2) is 6.98. The van der Waals surface area contributed by atoms with Gasteiger partial charge in [-0.2, -0.15) is 5.26 Å². The zero-order valence-corrected chi connectivity index (χ0v) is 11.5. The van der Waals surface area contributed by atoms with Crippen molar-refractivity contribution in [2.45, 2.75) is 64.5 Å². The monoisotopic (exact) mass is 238 g/mol. The van der Waals surface area contributed by atoms with Crippen LogP contribution in [0.15, 0.2) is 0 Å². The number of nitrogens with one attached hydrogen (secondary N) is 1. The average molecular weight is 238 g/mol. The molecule has 0 radical (unpaired) electrons. The second-order valence-corrected chi connectivity index (χ2v) is 5.49. The maximum Gasteiger partial charge on any atom is 0.106 e. The fourth-order valence-corrected chi connectivity index (χ4v) is 2.53. The van der Waals surface area contributed by atoms with Gasteiger partial charge >= 0.3 is 0 Å². The lowest BCUT2D eigenvalue weighted by Gasteiger charge is -2.28. The molecule has 3 nitrogen and oxygen atoms in total. The molecule has 0 heterocycles. The maximum absolute atomic E-state index is 9.13. The minimum Gasteiger partial charge on any atom is -0.378 e. The molecule has 0 amide bonds. The van der Waals surface area contributed by atoms with Crippen molar-refractivity contribution in [1.29, 1.82) is 5.26 Å². The molecule has 0 aliphatic heterocycles. The van der Waals surface area contributed by atoms with Gasteiger partial charge < -0.3 is 4.74 Å². The number of hydrogen-bond donors (Lipinski definition) is 1. The summed E-state index contributed by atoms with van der Waals surface area (Å²) in [6, 6.07) is 2.33. The van der Waals surface area contributed by atoms with E-state index in [1.165, 1.54) is 25.7 Å². The van der Waals surface area contributed by atoms with Gasteiger partial charge in [0.05, 0.1) is 12.2 Å². The van der Waals surface area contributed by atoms with Gasteiger partial charge in [0, 0.05) is 13.0 Å². The van der Waals surface area contributed by atoms with Crippen LogP contribution >= 0.6 is 0 Å². The van der Waals surface area contributed by atoms with E-state index in [0.29, 0.717) is 12.7 Å². The van der Waals surface area contributed by atoms with E-state index in [9.17, 15) is 0 Å². The molecule has 0 bridgehead atoms. The van der Waals surface area contributed by atoms with Crippen LogP contribution in [-0.2, 0) is 4.74 Å². The molecule has 0 spiro atoms. The van der Waals surface area contributed by atoms with Crippen molar-refractivity contribution in [3.8, 4) is 6.07 Å². The Balaban J connectivity index is 2.24. The molecule has 0 aromatic carbocycles. The van der Waals surface area contributed by atoms with Crippen LogP contribution in [0.3, 0.4) is 0 Å². The van der Waals surface area contributed by atoms with E-state index in [2.05, 4.69) is 18.3 Å². The predicted octanol–water partition coefficient (Wildman–Crippen LogP) is 2.86. The molecule has 3 unspecified atom stereocenters. The lowest BCUT2D eigenvalue weighted by Crippen LogP contribution is -2.42. The third kappa shape index (κ3) is 5.06. The Kier molecular flexibility index (Phi) is 5.94. The summed E-state index contributed by atoms with van der Waals surface area (Å²) in [5.74, 6) is 0.796. The second-order valence-electron chi connectivity index (χ2n) is 5.49. The van der Waals surface area contributed by atoms with Crippen molar-refractivity contribution < 1.29 is 4.74 Å². The third-order valence-corrected chi connectivity index (χ3v) is 3.66. The van der Waals surface area contributed by atoms with Gasteiger partial charge in [-0.15, -0.1) is 0 Å². The first-order valence-corrected chi connectivity index (χ1v) is 6.87. The van der Waals surface area contributed by atoms with Crippen LogP contribution in [0.5, 0.6) is 0 Å². The molecule has 17 heavy (non-hydrogen) atoms. The van der Waals surface area contributed by atoms with Gasteiger partial charge in [-0.25, -0.2) is 0 Å². The number of rotatable bonds is 6. The quantitative estimate of drug-likeness (QED) is 0.774. The molecule has 0 saturated heterocycles. The van der Waals surface area contributed by atoms with E-state index in [0.717, 1.165) is 18.9 Å². The number of ether oxygens (including phenoxy) is 1. The Bertz CT molecular complexity index is 261. The molecule has 1 fully saturated rings. The lowest BCUT2D eigenvalue weighted by atomic mass is 9.88. The minimum atomic E-state index is -0.435. The van der Waals surface area contributed by atoms with Crippen LogP contribution in [-0.4, -0.2) is 24.8 Å². The fraction of sp³-hybridized carbons (Fsp3) is 0.929. The summed E-state index contributed by atoms with van der Waals surface area (Å²) in [6.07, 6.45) is 6.19. The number of hydrogen-bond acceptors (Lipinski definition) is 3. The SMILES string of the molecule is CCNC(C)(C#N)CCOC1CCCC(C)C1. The zero-order valence-electron chi connectivity index (χ0n) is 11.5. The molecular weight excluding hydrogens is 212 g/mol. The van der Waals surface area contributed by atoms with Crippen LogP contribution in [0.25, 0.3) is 0 Å². The molecule has 0 aromatic heterocycles. The molecule has 1 saturated carbocycles. The molecule has 3 atom stereocenters. The van der Waals surface area contributed by atoms with Crippen molar-refractivity contribution in [3.63, 3.8) is 0 Å². The van der Waals surface area contributed by atoms with Gasteiger partial charge in [0.25, 0.3) is 0 Å². The van der Waals surface area contributed by atoms with Crippen LogP contribution in [0, 0.1) is 17.2 Å². The molecular formula is C14H26N2O. The minimum absolute atomic E-state index is 0.420. The molecule has 1 aliphatic rings. The first-order valence-electron chi connectivity index (χ1n) is 6.87. The van der Waals surface area contributed by atoms with E-state index in [4.69, 9.17) is 10.00 Å². The Morgan fingerprint density at radius 3 is 2.82 bits per heavy atom. The summed E-state index contributed by atoms with van der Waals surface area (Å²) in [5.41, 5.74) is -0.435. The van der Waals surface area contributed by atoms with Crippen molar-refractivity contribution >= 4 is 0 Å². The molecule has 1 rings (SSSR count). The van der Waals surface area contributed by atoms with Gasteiger partial charge in [0.1, 0.15) is 5.54 Å². The highest BCUT2D eigenvalue weighted by Gasteiger charge is 2.24. The third-order valence-electron chi connectivity index (χ3n) is 3.66. The molecule has 1 aliphatic carbocycles. The summed E-state index contributed by atoms with van der Waals surface area (Å²) in [5, 5.41) is 12.3. The largest absolute Gasteiger partial charge is 0.378 e. The van der Waals surface area contributed by atoms with Gasteiger partial charge in [-0.05, 0) is 32.2 Å². The first kappa shape index (κ1) is 14.5. The van der Waals surface area contributed by atoms with Crippen molar-refractivity contribution in [1.82, 2.24) is 5.32 Å². The molecule has 1 N–H and O–H groups in total. The van der Waals surface area contributed by atoms with Crippen molar-refractivity contribution in [3.05, 3.63) is 0 Å². The summed E-state index contributed by atoms with van der Waals surface area (Å²) < 4.78 is 5.91. The topological polar surface area (TPSA) is 45.0 Å². The molecule has 0 aromatic rings. The van der Waals surface area contributed by atoms with Crippen molar-refractivity contribution in [2.75, 3.05) is 13.2 Å². The fourth-order valence-electron chi connectivity index (χ4n) is 2.53. The van der Waals surface area contributed by atoms with Crippen LogP contribution < -0.4 is 5.32 Å². The normalized spacial score (nSPS) is 28.4. The first-order chi connectivity index (χ1) is 8.09. The maximum atomic E-state index is 9.13. The Labute approximate surface area is 106 Å². The van der Waals surface area contributed by atoms with Gasteiger partial charge in [0.2, 0.25) is 0 Å². The Hall–Kier alpha value is -0.590. The van der Waals surface area contributed by atoms with E-state index in [1.54, 1.807) is 0 Å². The van der Waals surface area contributed by atoms with Crippen LogP contribution in [0.2, 0.25) is 0 Å². The van der Waals surface area contributed by atoms with Gasteiger partial charge in [0.15, 0.2) is 0 Å². The van der Waals surface area contributed by atoms with E-state index >= 15 is 0 Å². The molecule has 98 valence electrons. The van der Waals surface area contributed by atoms with Crippen molar-refractivity contribution in [2.24, 2.45) is 5.92 Å². The highest BCUT2D eigenvalue weighted by molar-refractivity contribution is 5.03. The summed E-state index contributed by atoms with van der Waals surface area (Å²) in [7, 11) is 0. The summed E-state index contributed by atoms with van der Waals surface area (Å²) in [4.78, 5) is 0. The van der Waals surface area contributed by atoms with Gasteiger partial charge in [-0.1, -0.05) is 26.7 Å². The van der Waals surface area contributed by atoms with Crippen LogP contribution in [0.4, 0.5) is 0 Å². The predicted molar refractivity (Wildman–Crippen MR) is 69.7 cm³/mol. The zero-order chi connectivity index (χ0) is 12.7. The van der Waals surface area contributed by atoms with Gasteiger partial charge in [-0.3, -0.25) is 5.32 Å². The Morgan fingerprint density at radius 2 is 2.24 bits per heavy atom. The number of nitriles is 1. The number of nitrogens with zero attached hydrogens (tertiary/aromatic N) is 1. The summed E-state index contributed by atoms with van der Waals surface area (Å²) in [6.45, 7) is 7.79. The Morgan fingerprint density at radius 1 is 1.47 bits per heavy atom. The van der Waals surface area contributed by atoms with Crippen LogP contribution in [0.1, 0.15) is 52.9 Å². The standard InChI is InChI=1S/C14H26N2O/c1-4-16-14(3,11-15)8-9-17-13-7-5-6-12(2)10-13/h12-13,16H,4-10H2,1-3H3.